The number of hydrogen-bond donors (Lipinski definition) is 0. The molecule has 1 fully saturated rings. The first-order valence-corrected chi connectivity index (χ1v) is 10.6. The summed E-state index contributed by atoms with van der Waals surface area (Å²) >= 11 is 0. The lowest BCUT2D eigenvalue weighted by atomic mass is 9.96. The molecule has 0 spiro atoms. The van der Waals surface area contributed by atoms with Gasteiger partial charge in [-0.25, -0.2) is 4.79 Å². The van der Waals surface area contributed by atoms with Gasteiger partial charge in [-0.1, -0.05) is 0 Å². The predicted molar refractivity (Wildman–Crippen MR) is 110 cm³/mol. The first-order chi connectivity index (χ1) is 14.4. The van der Waals surface area contributed by atoms with Crippen LogP contribution in [0.15, 0.2) is 6.20 Å². The summed E-state index contributed by atoms with van der Waals surface area (Å²) in [5.74, 6) is 2.12. The number of likely N-dealkylation sites (tertiary alicyclic amines) is 1. The number of carbonyl (C=O) groups is 2. The third-order valence-electron chi connectivity index (χ3n) is 6.22. The quantitative estimate of drug-likeness (QED) is 0.755. The fourth-order valence-corrected chi connectivity index (χ4v) is 4.41. The Morgan fingerprint density at radius 3 is 2.47 bits per heavy atom. The Bertz CT molecular complexity index is 939. The van der Waals surface area contributed by atoms with Gasteiger partial charge in [-0.05, 0) is 26.7 Å². The molecule has 0 saturated carbocycles. The highest BCUT2D eigenvalue weighted by Gasteiger charge is 2.32. The second-order valence-electron chi connectivity index (χ2n) is 8.25. The highest BCUT2D eigenvalue weighted by Crippen LogP contribution is 2.29. The number of urea groups is 1. The molecular weight excluding hydrogens is 384 g/mol. The second kappa shape index (κ2) is 8.08. The van der Waals surface area contributed by atoms with E-state index in [1.54, 1.807) is 25.2 Å². The molecule has 30 heavy (non-hydrogen) atoms. The summed E-state index contributed by atoms with van der Waals surface area (Å²) in [6, 6.07) is 0.0626. The van der Waals surface area contributed by atoms with E-state index in [0.717, 1.165) is 49.8 Å². The van der Waals surface area contributed by atoms with Gasteiger partial charge in [0.1, 0.15) is 5.82 Å². The summed E-state index contributed by atoms with van der Waals surface area (Å²) in [4.78, 5) is 30.5. The third-order valence-corrected chi connectivity index (χ3v) is 6.22. The largest absolute Gasteiger partial charge is 0.331 e. The minimum absolute atomic E-state index is 0.00138. The van der Waals surface area contributed by atoms with Gasteiger partial charge in [0, 0.05) is 58.4 Å². The molecule has 162 valence electrons. The summed E-state index contributed by atoms with van der Waals surface area (Å²) in [6.07, 6.45) is 3.43. The van der Waals surface area contributed by atoms with E-state index in [1.807, 2.05) is 28.3 Å². The fourth-order valence-electron chi connectivity index (χ4n) is 4.41. The lowest BCUT2D eigenvalue weighted by Crippen LogP contribution is -2.44. The molecule has 2 aliphatic heterocycles. The number of aromatic nitrogens is 5. The van der Waals surface area contributed by atoms with Gasteiger partial charge in [0.2, 0.25) is 0 Å². The van der Waals surface area contributed by atoms with Crippen LogP contribution in [0.2, 0.25) is 0 Å². The van der Waals surface area contributed by atoms with E-state index in [0.29, 0.717) is 31.1 Å². The molecule has 0 aromatic carbocycles. The summed E-state index contributed by atoms with van der Waals surface area (Å²) < 4.78 is 4.01. The van der Waals surface area contributed by atoms with Crippen LogP contribution in [0.4, 0.5) is 4.79 Å². The topological polar surface area (TPSA) is 92.4 Å². The molecule has 4 heterocycles. The van der Waals surface area contributed by atoms with Crippen LogP contribution in [0.25, 0.3) is 0 Å². The molecule has 0 bridgehead atoms. The smallest absolute Gasteiger partial charge is 0.319 e. The normalized spacial score (nSPS) is 17.2. The van der Waals surface area contributed by atoms with Crippen molar-refractivity contribution in [3.63, 3.8) is 0 Å². The fraction of sp³-hybridized carbons (Fsp3) is 0.650. The van der Waals surface area contributed by atoms with Crippen molar-refractivity contribution in [2.45, 2.75) is 52.2 Å². The number of fused-ring (bicyclic) bond motifs is 1. The van der Waals surface area contributed by atoms with Crippen LogP contribution < -0.4 is 0 Å². The Morgan fingerprint density at radius 2 is 1.83 bits per heavy atom. The average Bonchev–Trinajstić information content (AvgIpc) is 3.35. The van der Waals surface area contributed by atoms with E-state index in [9.17, 15) is 9.59 Å². The van der Waals surface area contributed by atoms with E-state index < -0.39 is 0 Å². The highest BCUT2D eigenvalue weighted by molar-refractivity contribution is 5.95. The van der Waals surface area contributed by atoms with Crippen LogP contribution in [0.5, 0.6) is 0 Å². The third kappa shape index (κ3) is 3.54. The SMILES string of the molecule is CCn1ncc(C(=O)N2CCn3c(nnc3C3CCN(C(=O)N(C)C)CC3)C2)c1C. The lowest BCUT2D eigenvalue weighted by Gasteiger charge is -2.34. The highest BCUT2D eigenvalue weighted by atomic mass is 16.2. The number of nitrogens with zero attached hydrogens (tertiary/aromatic N) is 8. The average molecular weight is 415 g/mol. The number of aryl methyl sites for hydroxylation is 1. The van der Waals surface area contributed by atoms with Crippen molar-refractivity contribution in [3.8, 4) is 0 Å². The van der Waals surface area contributed by atoms with E-state index in [2.05, 4.69) is 19.9 Å². The first kappa shape index (κ1) is 20.4. The molecule has 4 rings (SSSR count). The molecule has 2 aliphatic rings. The van der Waals surface area contributed by atoms with Crippen molar-refractivity contribution < 1.29 is 9.59 Å². The van der Waals surface area contributed by atoms with Crippen LogP contribution in [0.1, 0.15) is 53.4 Å². The van der Waals surface area contributed by atoms with E-state index in [4.69, 9.17) is 0 Å². The standard InChI is InChI=1S/C20H30N8O2/c1-5-28-14(2)16(12-21-28)19(29)26-10-11-27-17(13-26)22-23-18(27)15-6-8-25(9-7-15)20(30)24(3)4/h12,15H,5-11,13H2,1-4H3. The zero-order valence-corrected chi connectivity index (χ0v) is 18.2. The van der Waals surface area contributed by atoms with Crippen LogP contribution in [0.3, 0.4) is 0 Å². The molecule has 1 saturated heterocycles. The first-order valence-electron chi connectivity index (χ1n) is 10.6. The van der Waals surface area contributed by atoms with E-state index >= 15 is 0 Å². The van der Waals surface area contributed by atoms with Crippen LogP contribution in [0, 0.1) is 6.92 Å². The van der Waals surface area contributed by atoms with Crippen molar-refractivity contribution in [3.05, 3.63) is 29.1 Å². The van der Waals surface area contributed by atoms with Crippen molar-refractivity contribution >= 4 is 11.9 Å². The summed E-state index contributed by atoms with van der Waals surface area (Å²) in [6.45, 7) is 7.94. The van der Waals surface area contributed by atoms with Crippen molar-refractivity contribution in [2.24, 2.45) is 0 Å². The number of amides is 3. The van der Waals surface area contributed by atoms with Crippen LogP contribution >= 0.6 is 0 Å². The zero-order valence-electron chi connectivity index (χ0n) is 18.2. The van der Waals surface area contributed by atoms with Gasteiger partial charge in [0.15, 0.2) is 5.82 Å². The maximum absolute atomic E-state index is 13.0. The molecule has 3 amide bonds. The van der Waals surface area contributed by atoms with Crippen molar-refractivity contribution in [1.29, 1.82) is 0 Å². The van der Waals surface area contributed by atoms with Crippen LogP contribution in [-0.2, 0) is 19.6 Å². The molecule has 2 aromatic heterocycles. The van der Waals surface area contributed by atoms with Gasteiger partial charge in [-0.15, -0.1) is 10.2 Å². The zero-order chi connectivity index (χ0) is 21.4. The number of hydrogen-bond acceptors (Lipinski definition) is 5. The predicted octanol–water partition coefficient (Wildman–Crippen LogP) is 1.32. The molecule has 10 nitrogen and oxygen atoms in total. The Balaban J connectivity index is 1.43. The molecule has 0 radical (unpaired) electrons. The van der Waals surface area contributed by atoms with Crippen molar-refractivity contribution in [2.75, 3.05) is 33.7 Å². The molecule has 0 aliphatic carbocycles. The van der Waals surface area contributed by atoms with Crippen LogP contribution in [-0.4, -0.2) is 84.9 Å². The van der Waals surface area contributed by atoms with Gasteiger partial charge in [0.05, 0.1) is 18.3 Å². The summed E-state index contributed by atoms with van der Waals surface area (Å²) in [7, 11) is 3.57. The Labute approximate surface area is 176 Å². The number of rotatable bonds is 3. The minimum atomic E-state index is -0.00138. The van der Waals surface area contributed by atoms with Gasteiger partial charge in [0.25, 0.3) is 5.91 Å². The molecular formula is C20H30N8O2. The Kier molecular flexibility index (Phi) is 5.48. The molecule has 10 heteroatoms. The monoisotopic (exact) mass is 414 g/mol. The maximum Gasteiger partial charge on any atom is 0.319 e. The van der Waals surface area contributed by atoms with Gasteiger partial charge < -0.3 is 19.3 Å². The van der Waals surface area contributed by atoms with E-state index in [-0.39, 0.29) is 11.9 Å². The molecule has 2 aromatic rings. The van der Waals surface area contributed by atoms with Gasteiger partial charge in [-0.3, -0.25) is 9.48 Å². The van der Waals surface area contributed by atoms with Gasteiger partial charge >= 0.3 is 6.03 Å². The van der Waals surface area contributed by atoms with Gasteiger partial charge in [-0.2, -0.15) is 5.10 Å². The van der Waals surface area contributed by atoms with Crippen molar-refractivity contribution in [1.82, 2.24) is 39.2 Å². The Morgan fingerprint density at radius 1 is 1.10 bits per heavy atom. The Hall–Kier alpha value is -2.91. The lowest BCUT2D eigenvalue weighted by molar-refractivity contribution is 0.0704. The maximum atomic E-state index is 13.0. The second-order valence-corrected chi connectivity index (χ2v) is 8.25. The number of piperidine rings is 1. The summed E-state index contributed by atoms with van der Waals surface area (Å²) in [5.41, 5.74) is 1.55. The molecule has 0 N–H and O–H groups in total. The minimum Gasteiger partial charge on any atom is -0.331 e. The van der Waals surface area contributed by atoms with E-state index in [1.165, 1.54) is 0 Å². The number of carbonyl (C=O) groups excluding carboxylic acids is 2. The molecule has 0 unspecified atom stereocenters. The molecule has 0 atom stereocenters. The summed E-state index contributed by atoms with van der Waals surface area (Å²) in [5, 5.41) is 13.2.